The van der Waals surface area contributed by atoms with Crippen LogP contribution >= 0.6 is 0 Å². The fourth-order valence-corrected chi connectivity index (χ4v) is 3.09. The molecule has 1 aromatic carbocycles. The molecule has 4 heteroatoms. The third-order valence-corrected chi connectivity index (χ3v) is 4.38. The summed E-state index contributed by atoms with van der Waals surface area (Å²) in [6.45, 7) is 5.96. The fraction of sp³-hybridized carbons (Fsp3) is 0.500. The van der Waals surface area contributed by atoms with Gasteiger partial charge in [0.2, 0.25) is 0 Å². The quantitative estimate of drug-likeness (QED) is 0.640. The van der Waals surface area contributed by atoms with Gasteiger partial charge in [-0.05, 0) is 23.8 Å². The van der Waals surface area contributed by atoms with Gasteiger partial charge in [-0.2, -0.15) is 0 Å². The smallest absolute Gasteiger partial charge is 0.168 e. The molecule has 1 aromatic rings. The van der Waals surface area contributed by atoms with Crippen LogP contribution < -0.4 is 0 Å². The maximum Gasteiger partial charge on any atom is 0.168 e. The maximum atomic E-state index is 12.6. The number of allylic oxidation sites excluding steroid dienone is 2. The first-order chi connectivity index (χ1) is 11.4. The molecule has 0 spiro atoms. The van der Waals surface area contributed by atoms with Gasteiger partial charge in [0, 0.05) is 18.6 Å². The number of hydrogen-bond acceptors (Lipinski definition) is 4. The van der Waals surface area contributed by atoms with Gasteiger partial charge in [0.1, 0.15) is 5.76 Å². The van der Waals surface area contributed by atoms with E-state index in [1.807, 2.05) is 51.1 Å². The molecule has 0 saturated heterocycles. The van der Waals surface area contributed by atoms with E-state index in [1.165, 1.54) is 0 Å². The van der Waals surface area contributed by atoms with E-state index in [-0.39, 0.29) is 29.6 Å². The zero-order valence-electron chi connectivity index (χ0n) is 14.7. The molecule has 1 fully saturated rings. The molecule has 1 saturated carbocycles. The minimum atomic E-state index is -0.235. The highest BCUT2D eigenvalue weighted by atomic mass is 16.3. The number of nitrogens with zero attached hydrogens (tertiary/aromatic N) is 1. The summed E-state index contributed by atoms with van der Waals surface area (Å²) < 4.78 is 0. The van der Waals surface area contributed by atoms with Crippen LogP contribution in [0.1, 0.15) is 45.6 Å². The summed E-state index contributed by atoms with van der Waals surface area (Å²) in [6, 6.07) is 9.35. The van der Waals surface area contributed by atoms with Crippen LogP contribution in [0.4, 0.5) is 0 Å². The normalized spacial score (nSPS) is 22.5. The number of carbonyl (C=O) groups is 1. The van der Waals surface area contributed by atoms with Crippen LogP contribution in [0.2, 0.25) is 0 Å². The predicted octanol–water partition coefficient (Wildman–Crippen LogP) is 3.64. The van der Waals surface area contributed by atoms with Crippen molar-refractivity contribution in [1.29, 1.82) is 0 Å². The SMILES string of the molecule is CCC(CO)N=C1CC(C)(C)CC(=O)C1=C(O)Cc1ccccc1. The number of hydrogen-bond donors (Lipinski definition) is 2. The van der Waals surface area contributed by atoms with Crippen LogP contribution in [0.15, 0.2) is 46.7 Å². The van der Waals surface area contributed by atoms with E-state index in [4.69, 9.17) is 0 Å². The first kappa shape index (κ1) is 18.4. The Kier molecular flexibility index (Phi) is 5.94. The van der Waals surface area contributed by atoms with Crippen molar-refractivity contribution in [2.75, 3.05) is 6.61 Å². The highest BCUT2D eigenvalue weighted by Gasteiger charge is 2.36. The molecule has 2 rings (SSSR count). The molecule has 0 bridgehead atoms. The third-order valence-electron chi connectivity index (χ3n) is 4.38. The lowest BCUT2D eigenvalue weighted by Crippen LogP contribution is -2.34. The Morgan fingerprint density at radius 3 is 2.50 bits per heavy atom. The Hall–Kier alpha value is -1.94. The number of aliphatic hydroxyl groups is 2. The summed E-state index contributed by atoms with van der Waals surface area (Å²) in [5.74, 6) is 0.0134. The van der Waals surface area contributed by atoms with Gasteiger partial charge < -0.3 is 10.2 Å². The Morgan fingerprint density at radius 1 is 1.25 bits per heavy atom. The summed E-state index contributed by atoms with van der Waals surface area (Å²) in [6.07, 6.45) is 2.04. The first-order valence-corrected chi connectivity index (χ1v) is 8.53. The second kappa shape index (κ2) is 7.75. The van der Waals surface area contributed by atoms with Crippen molar-refractivity contribution in [3.8, 4) is 0 Å². The van der Waals surface area contributed by atoms with Gasteiger partial charge in [0.25, 0.3) is 0 Å². The molecule has 1 aliphatic rings. The Bertz CT molecular complexity index is 640. The molecule has 4 nitrogen and oxygen atoms in total. The number of Topliss-reactive ketones (excluding diaryl/α,β-unsaturated/α-hetero) is 1. The summed E-state index contributed by atoms with van der Waals surface area (Å²) in [7, 11) is 0. The van der Waals surface area contributed by atoms with Gasteiger partial charge in [-0.3, -0.25) is 9.79 Å². The highest BCUT2D eigenvalue weighted by Crippen LogP contribution is 2.36. The van der Waals surface area contributed by atoms with Gasteiger partial charge in [-0.1, -0.05) is 51.1 Å². The monoisotopic (exact) mass is 329 g/mol. The number of ketones is 1. The molecule has 0 amide bonds. The molecule has 0 aromatic heterocycles. The number of benzene rings is 1. The molecular formula is C20H27NO3. The lowest BCUT2D eigenvalue weighted by molar-refractivity contribution is -0.117. The van der Waals surface area contributed by atoms with E-state index >= 15 is 0 Å². The van der Waals surface area contributed by atoms with Gasteiger partial charge in [0.15, 0.2) is 5.78 Å². The summed E-state index contributed by atoms with van der Waals surface area (Å²) >= 11 is 0. The Balaban J connectivity index is 2.41. The maximum absolute atomic E-state index is 12.6. The van der Waals surface area contributed by atoms with Crippen LogP contribution in [-0.2, 0) is 11.2 Å². The van der Waals surface area contributed by atoms with Crippen LogP contribution in [0, 0.1) is 5.41 Å². The number of aliphatic imine (C=N–C) groups is 1. The summed E-state index contributed by atoms with van der Waals surface area (Å²) in [4.78, 5) is 17.2. The molecule has 130 valence electrons. The summed E-state index contributed by atoms with van der Waals surface area (Å²) in [5, 5.41) is 20.1. The van der Waals surface area contributed by atoms with Gasteiger partial charge >= 0.3 is 0 Å². The van der Waals surface area contributed by atoms with Crippen molar-refractivity contribution in [2.45, 2.75) is 52.5 Å². The molecular weight excluding hydrogens is 302 g/mol. The number of rotatable bonds is 5. The van der Waals surface area contributed by atoms with Crippen molar-refractivity contribution in [2.24, 2.45) is 10.4 Å². The molecule has 0 radical (unpaired) electrons. The average molecular weight is 329 g/mol. The van der Waals surface area contributed by atoms with Crippen molar-refractivity contribution >= 4 is 11.5 Å². The second-order valence-corrected chi connectivity index (χ2v) is 7.25. The first-order valence-electron chi connectivity index (χ1n) is 8.53. The highest BCUT2D eigenvalue weighted by molar-refractivity contribution is 6.24. The molecule has 0 heterocycles. The second-order valence-electron chi connectivity index (χ2n) is 7.25. The van der Waals surface area contributed by atoms with E-state index in [9.17, 15) is 15.0 Å². The number of carbonyl (C=O) groups excluding carboxylic acids is 1. The van der Waals surface area contributed by atoms with Crippen LogP contribution in [-0.4, -0.2) is 34.4 Å². The molecule has 2 N–H and O–H groups in total. The lowest BCUT2D eigenvalue weighted by atomic mass is 9.73. The van der Waals surface area contributed by atoms with Crippen LogP contribution in [0.5, 0.6) is 0 Å². The topological polar surface area (TPSA) is 69.9 Å². The van der Waals surface area contributed by atoms with E-state index in [2.05, 4.69) is 4.99 Å². The van der Waals surface area contributed by atoms with E-state index in [0.717, 1.165) is 5.56 Å². The van der Waals surface area contributed by atoms with Crippen molar-refractivity contribution < 1.29 is 15.0 Å². The lowest BCUT2D eigenvalue weighted by Gasteiger charge is -2.32. The summed E-state index contributed by atoms with van der Waals surface area (Å²) in [5.41, 5.74) is 1.75. The van der Waals surface area contributed by atoms with Gasteiger partial charge in [-0.25, -0.2) is 0 Å². The van der Waals surface area contributed by atoms with Crippen molar-refractivity contribution in [1.82, 2.24) is 0 Å². The average Bonchev–Trinajstić information content (AvgIpc) is 2.51. The van der Waals surface area contributed by atoms with Gasteiger partial charge in [0.05, 0.1) is 18.2 Å². The van der Waals surface area contributed by atoms with Crippen molar-refractivity contribution in [3.05, 3.63) is 47.2 Å². The predicted molar refractivity (Wildman–Crippen MR) is 96.4 cm³/mol. The van der Waals surface area contributed by atoms with Crippen LogP contribution in [0.3, 0.4) is 0 Å². The minimum Gasteiger partial charge on any atom is -0.511 e. The molecule has 1 aliphatic carbocycles. The molecule has 24 heavy (non-hydrogen) atoms. The number of aliphatic hydroxyl groups excluding tert-OH is 2. The zero-order valence-corrected chi connectivity index (χ0v) is 14.7. The largest absolute Gasteiger partial charge is 0.511 e. The van der Waals surface area contributed by atoms with Crippen LogP contribution in [0.25, 0.3) is 0 Å². The van der Waals surface area contributed by atoms with Crippen molar-refractivity contribution in [3.63, 3.8) is 0 Å². The zero-order chi connectivity index (χ0) is 17.7. The standard InChI is InChI=1S/C20H27NO3/c1-4-15(13-22)21-16-11-20(2,3)12-18(24)19(16)17(23)10-14-8-6-5-7-9-14/h5-9,15,22-23H,4,10-13H2,1-3H3. The Morgan fingerprint density at radius 2 is 1.92 bits per heavy atom. The van der Waals surface area contributed by atoms with Gasteiger partial charge in [-0.15, -0.1) is 0 Å². The van der Waals surface area contributed by atoms with E-state index < -0.39 is 0 Å². The molecule has 1 atom stereocenters. The van der Waals surface area contributed by atoms with E-state index in [0.29, 0.717) is 37.0 Å². The third kappa shape index (κ3) is 4.54. The van der Waals surface area contributed by atoms with E-state index in [1.54, 1.807) is 0 Å². The molecule has 1 unspecified atom stereocenters. The fourth-order valence-electron chi connectivity index (χ4n) is 3.09. The minimum absolute atomic E-state index is 0.0542. The Labute approximate surface area is 143 Å². The molecule has 0 aliphatic heterocycles.